The number of aliphatic hydroxyl groups is 5. The maximum atomic E-state index is 12.3. The molecule has 0 aliphatic carbocycles. The Kier molecular flexibility index (Phi) is 17.3. The van der Waals surface area contributed by atoms with Gasteiger partial charge in [0.25, 0.3) is 0 Å². The van der Waals surface area contributed by atoms with Gasteiger partial charge < -0.3 is 54.6 Å². The maximum absolute atomic E-state index is 12.3. The van der Waals surface area contributed by atoms with E-state index >= 15 is 0 Å². The summed E-state index contributed by atoms with van der Waals surface area (Å²) in [5.74, 6) is -1.21. The predicted molar refractivity (Wildman–Crippen MR) is 184 cm³/mol. The molecule has 14 heteroatoms. The summed E-state index contributed by atoms with van der Waals surface area (Å²) in [7, 11) is 0. The average molecular weight is 703 g/mol. The molecular formula is C35H66N4O10. The summed E-state index contributed by atoms with van der Waals surface area (Å²) in [6.07, 6.45) is -4.04. The number of aliphatic hydroxyl groups excluding tert-OH is 3. The van der Waals surface area contributed by atoms with Gasteiger partial charge in [0.05, 0.1) is 42.2 Å². The molecule has 2 aliphatic rings. The van der Waals surface area contributed by atoms with E-state index in [1.165, 1.54) is 6.92 Å². The molecule has 0 amide bonds. The molecule has 2 rings (SSSR count). The van der Waals surface area contributed by atoms with Gasteiger partial charge in [0, 0.05) is 35.8 Å². The van der Waals surface area contributed by atoms with Crippen molar-refractivity contribution in [2.75, 3.05) is 13.1 Å². The van der Waals surface area contributed by atoms with Crippen LogP contribution in [0.3, 0.4) is 0 Å². The Morgan fingerprint density at radius 1 is 1.08 bits per heavy atom. The smallest absolute Gasteiger partial charge is 0.184 e. The zero-order chi connectivity index (χ0) is 37.3. The van der Waals surface area contributed by atoms with E-state index in [2.05, 4.69) is 22.3 Å². The minimum absolute atomic E-state index is 0.0145. The second-order valence-corrected chi connectivity index (χ2v) is 15.5. The van der Waals surface area contributed by atoms with E-state index in [-0.39, 0.29) is 42.8 Å². The van der Waals surface area contributed by atoms with Gasteiger partial charge in [0.2, 0.25) is 0 Å². The van der Waals surface area contributed by atoms with Gasteiger partial charge >= 0.3 is 0 Å². The highest BCUT2D eigenvalue weighted by atomic mass is 16.7. The molecule has 0 aromatic heterocycles. The summed E-state index contributed by atoms with van der Waals surface area (Å²) in [5, 5.41) is 61.7. The maximum Gasteiger partial charge on any atom is 0.184 e. The van der Waals surface area contributed by atoms with Crippen LogP contribution >= 0.6 is 0 Å². The zero-order valence-electron chi connectivity index (χ0n) is 31.3. The zero-order valence-corrected chi connectivity index (χ0v) is 31.3. The number of azide groups is 1. The van der Waals surface area contributed by atoms with E-state index in [9.17, 15) is 30.3 Å². The van der Waals surface area contributed by atoms with Gasteiger partial charge in [-0.15, -0.1) is 0 Å². The quantitative estimate of drug-likeness (QED) is 0.0467. The molecule has 286 valence electrons. The van der Waals surface area contributed by atoms with Crippen LogP contribution in [-0.2, 0) is 23.7 Å². The molecule has 0 saturated carbocycles. The Hall–Kier alpha value is -1.42. The molecule has 17 atom stereocenters. The van der Waals surface area contributed by atoms with Gasteiger partial charge in [-0.05, 0) is 90.1 Å². The van der Waals surface area contributed by atoms with Crippen LogP contribution < -0.4 is 5.32 Å². The lowest BCUT2D eigenvalue weighted by Crippen LogP contribution is -2.58. The molecule has 0 aromatic carbocycles. The second-order valence-electron chi connectivity index (χ2n) is 15.5. The fourth-order valence-corrected chi connectivity index (χ4v) is 7.58. The van der Waals surface area contributed by atoms with E-state index < -0.39 is 72.2 Å². The average Bonchev–Trinajstić information content (AvgIpc) is 3.04. The SMILES string of the molecule is CC[C@@H](O)[C@@](C)(O)[C@H](O)[C@@H](C)NC[C@H](C)CC(C)(O)[C@H](O[C@@H]1O[C@H](C)CC[C@H]1O)[C@@H](C)[C@H](O[C@H]1CC(C)C(CN=[N+]=[N-])[C@H](C)O1)[C@@H](C)C=O. The van der Waals surface area contributed by atoms with Crippen LogP contribution in [0.4, 0.5) is 0 Å². The molecule has 2 fully saturated rings. The number of nitrogens with zero attached hydrogens (tertiary/aromatic N) is 3. The van der Waals surface area contributed by atoms with Crippen molar-refractivity contribution in [2.45, 2.75) is 174 Å². The van der Waals surface area contributed by atoms with Crippen LogP contribution in [0.25, 0.3) is 10.4 Å². The van der Waals surface area contributed by atoms with Gasteiger partial charge in [-0.3, -0.25) is 0 Å². The molecule has 0 aromatic rings. The number of ether oxygens (including phenoxy) is 4. The van der Waals surface area contributed by atoms with Crippen LogP contribution in [0.2, 0.25) is 0 Å². The van der Waals surface area contributed by atoms with Crippen molar-refractivity contribution in [3.8, 4) is 0 Å². The minimum Gasteiger partial charge on any atom is -0.390 e. The van der Waals surface area contributed by atoms with Gasteiger partial charge in [-0.25, -0.2) is 0 Å². The van der Waals surface area contributed by atoms with E-state index in [1.54, 1.807) is 27.7 Å². The third kappa shape index (κ3) is 12.1. The van der Waals surface area contributed by atoms with Crippen LogP contribution in [-0.4, -0.2) is 117 Å². The van der Waals surface area contributed by atoms with E-state index in [4.69, 9.17) is 24.5 Å². The summed E-state index contributed by atoms with van der Waals surface area (Å²) >= 11 is 0. The summed E-state index contributed by atoms with van der Waals surface area (Å²) in [6, 6.07) is -0.570. The van der Waals surface area contributed by atoms with E-state index in [0.717, 1.165) is 6.29 Å². The lowest BCUT2D eigenvalue weighted by Gasteiger charge is -2.46. The molecule has 14 nitrogen and oxygen atoms in total. The Balaban J connectivity index is 2.31. The van der Waals surface area contributed by atoms with Crippen molar-refractivity contribution in [3.63, 3.8) is 0 Å². The Labute approximate surface area is 292 Å². The summed E-state index contributed by atoms with van der Waals surface area (Å²) in [6.45, 7) is 18.6. The van der Waals surface area contributed by atoms with Crippen LogP contribution in [0.1, 0.15) is 101 Å². The molecule has 2 aliphatic heterocycles. The number of rotatable bonds is 20. The molecule has 0 spiro atoms. The Morgan fingerprint density at radius 2 is 1.73 bits per heavy atom. The lowest BCUT2D eigenvalue weighted by atomic mass is 9.78. The largest absolute Gasteiger partial charge is 0.390 e. The highest BCUT2D eigenvalue weighted by Crippen LogP contribution is 2.38. The standard InChI is InChI=1S/C35H66N4O10/c1-11-28(42)35(10,45)31(43)24(7)37-16-19(2)15-34(9,44)32(49-33-27(41)13-12-22(5)46-33)23(6)30(21(4)18-40)48-29-14-20(3)26(17-38-39-36)25(8)47-29/h18-33,37,41-45H,11-17H2,1-10H3/t19-,20?,21+,22-,23+,24-,25+,26?,27-,28-,29+,30-,31-,32-,33+,34?,35-/m1/s1. The number of carbonyl (C=O) groups is 1. The minimum atomic E-state index is -1.71. The van der Waals surface area contributed by atoms with Gasteiger partial charge in [0.1, 0.15) is 18.0 Å². The summed E-state index contributed by atoms with van der Waals surface area (Å²) in [5.41, 5.74) is 5.60. The van der Waals surface area contributed by atoms with Crippen molar-refractivity contribution in [1.82, 2.24) is 5.32 Å². The molecular weight excluding hydrogens is 636 g/mol. The van der Waals surface area contributed by atoms with Crippen molar-refractivity contribution in [3.05, 3.63) is 10.4 Å². The lowest BCUT2D eigenvalue weighted by molar-refractivity contribution is -0.300. The Morgan fingerprint density at radius 3 is 2.31 bits per heavy atom. The first-order chi connectivity index (χ1) is 22.8. The third-order valence-corrected chi connectivity index (χ3v) is 10.8. The number of hydrogen-bond donors (Lipinski definition) is 6. The van der Waals surface area contributed by atoms with Crippen molar-refractivity contribution >= 4 is 6.29 Å². The van der Waals surface area contributed by atoms with Crippen molar-refractivity contribution < 1.29 is 49.3 Å². The first kappa shape index (κ1) is 43.7. The molecule has 3 unspecified atom stereocenters. The fourth-order valence-electron chi connectivity index (χ4n) is 7.58. The molecule has 0 bridgehead atoms. The molecule has 2 heterocycles. The summed E-state index contributed by atoms with van der Waals surface area (Å²) in [4.78, 5) is 15.2. The summed E-state index contributed by atoms with van der Waals surface area (Å²) < 4.78 is 25.3. The fraction of sp³-hybridized carbons (Fsp3) is 0.971. The van der Waals surface area contributed by atoms with Crippen LogP contribution in [0.5, 0.6) is 0 Å². The van der Waals surface area contributed by atoms with Crippen LogP contribution in [0.15, 0.2) is 5.11 Å². The monoisotopic (exact) mass is 702 g/mol. The van der Waals surface area contributed by atoms with E-state index in [1.807, 2.05) is 27.7 Å². The highest BCUT2D eigenvalue weighted by molar-refractivity contribution is 5.53. The second kappa shape index (κ2) is 19.4. The topological polar surface area (TPSA) is 216 Å². The van der Waals surface area contributed by atoms with Crippen molar-refractivity contribution in [2.24, 2.45) is 34.7 Å². The van der Waals surface area contributed by atoms with Gasteiger partial charge in [-0.2, -0.15) is 0 Å². The molecule has 49 heavy (non-hydrogen) atoms. The van der Waals surface area contributed by atoms with Gasteiger partial charge in [-0.1, -0.05) is 39.7 Å². The van der Waals surface area contributed by atoms with E-state index in [0.29, 0.717) is 32.4 Å². The number of carbonyl (C=O) groups excluding carboxylic acids is 1. The first-order valence-electron chi connectivity index (χ1n) is 18.1. The third-order valence-electron chi connectivity index (χ3n) is 10.8. The predicted octanol–water partition coefficient (Wildman–Crippen LogP) is 3.45. The van der Waals surface area contributed by atoms with Gasteiger partial charge in [0.15, 0.2) is 12.6 Å². The first-order valence-corrected chi connectivity index (χ1v) is 18.1. The molecule has 2 saturated heterocycles. The normalized spacial score (nSPS) is 33.7. The van der Waals surface area contributed by atoms with Crippen molar-refractivity contribution in [1.29, 1.82) is 0 Å². The Bertz CT molecular complexity index is 1030. The van der Waals surface area contributed by atoms with Crippen LogP contribution in [0, 0.1) is 29.6 Å². The highest BCUT2D eigenvalue weighted by Gasteiger charge is 2.47. The number of hydrogen-bond acceptors (Lipinski definition) is 12. The molecule has 6 N–H and O–H groups in total. The number of aldehydes is 1. The number of nitrogens with one attached hydrogen (secondary N) is 1. The molecule has 0 radical (unpaired) electrons.